The first-order valence-corrected chi connectivity index (χ1v) is 13.0. The topological polar surface area (TPSA) is 85.4 Å². The van der Waals surface area contributed by atoms with Crippen LogP contribution in [0.15, 0.2) is 21.5 Å². The Morgan fingerprint density at radius 1 is 1.21 bits per heavy atom. The molecule has 2 fully saturated rings. The van der Waals surface area contributed by atoms with E-state index in [0.29, 0.717) is 43.7 Å². The summed E-state index contributed by atoms with van der Waals surface area (Å²) < 4.78 is 17.0. The van der Waals surface area contributed by atoms with Crippen LogP contribution in [0.5, 0.6) is 11.5 Å². The number of piperidine rings is 1. The van der Waals surface area contributed by atoms with Crippen LogP contribution in [0.4, 0.5) is 0 Å². The molecular formula is C23H27BrN2O6S2. The van der Waals surface area contributed by atoms with Crippen molar-refractivity contribution in [3.8, 4) is 11.5 Å². The molecule has 8 nitrogen and oxygen atoms in total. The van der Waals surface area contributed by atoms with E-state index in [1.54, 1.807) is 18.2 Å². The Morgan fingerprint density at radius 3 is 2.62 bits per heavy atom. The van der Waals surface area contributed by atoms with Crippen molar-refractivity contribution in [1.82, 2.24) is 9.80 Å². The Labute approximate surface area is 217 Å². The summed E-state index contributed by atoms with van der Waals surface area (Å²) in [7, 11) is 2.85. The minimum Gasteiger partial charge on any atom is -0.493 e. The van der Waals surface area contributed by atoms with Gasteiger partial charge >= 0.3 is 5.97 Å². The zero-order valence-corrected chi connectivity index (χ0v) is 22.4. The molecule has 0 bridgehead atoms. The standard InChI is InChI=1S/C23H27BrN2O6S2/c1-30-17-12-15(11-16(24)21(17)32-14-19(27)25-8-4-3-5-9-25)13-18-22(29)26(23(33)34-18)10-6-7-20(28)31-2/h11-13H,3-10,14H2,1-2H3/b18-13+. The highest BCUT2D eigenvalue weighted by atomic mass is 79.9. The first-order chi connectivity index (χ1) is 16.3. The average Bonchev–Trinajstić information content (AvgIpc) is 3.10. The van der Waals surface area contributed by atoms with Crippen LogP contribution in [0.2, 0.25) is 0 Å². The average molecular weight is 572 g/mol. The van der Waals surface area contributed by atoms with Gasteiger partial charge in [-0.3, -0.25) is 19.3 Å². The Bertz CT molecular complexity index is 994. The van der Waals surface area contributed by atoms with Crippen LogP contribution >= 0.6 is 39.9 Å². The lowest BCUT2D eigenvalue weighted by molar-refractivity contribution is -0.141. The second-order valence-electron chi connectivity index (χ2n) is 7.78. The maximum absolute atomic E-state index is 12.8. The summed E-state index contributed by atoms with van der Waals surface area (Å²) in [5.74, 6) is 0.301. The van der Waals surface area contributed by atoms with E-state index in [2.05, 4.69) is 20.7 Å². The summed E-state index contributed by atoms with van der Waals surface area (Å²) in [6.07, 6.45) is 5.61. The summed E-state index contributed by atoms with van der Waals surface area (Å²) in [5.41, 5.74) is 0.716. The summed E-state index contributed by atoms with van der Waals surface area (Å²) in [6.45, 7) is 1.81. The van der Waals surface area contributed by atoms with Crippen molar-refractivity contribution in [1.29, 1.82) is 0 Å². The summed E-state index contributed by atoms with van der Waals surface area (Å²) >= 11 is 10.1. The zero-order chi connectivity index (χ0) is 24.7. The number of halogens is 1. The van der Waals surface area contributed by atoms with E-state index in [1.807, 2.05) is 4.90 Å². The van der Waals surface area contributed by atoms with E-state index in [1.165, 1.54) is 30.9 Å². The number of methoxy groups -OCH3 is 2. The van der Waals surface area contributed by atoms with Gasteiger partial charge in [-0.15, -0.1) is 0 Å². The summed E-state index contributed by atoms with van der Waals surface area (Å²) in [4.78, 5) is 40.4. The van der Waals surface area contributed by atoms with Gasteiger partial charge in [0.2, 0.25) is 0 Å². The molecule has 0 saturated carbocycles. The van der Waals surface area contributed by atoms with Gasteiger partial charge in [-0.1, -0.05) is 24.0 Å². The number of benzene rings is 1. The van der Waals surface area contributed by atoms with Crippen molar-refractivity contribution in [3.63, 3.8) is 0 Å². The van der Waals surface area contributed by atoms with Gasteiger partial charge in [0.15, 0.2) is 18.1 Å². The third-order valence-electron chi connectivity index (χ3n) is 5.46. The Balaban J connectivity index is 1.68. The molecule has 34 heavy (non-hydrogen) atoms. The van der Waals surface area contributed by atoms with Crippen LogP contribution in [0.25, 0.3) is 6.08 Å². The van der Waals surface area contributed by atoms with Gasteiger partial charge in [0.05, 0.1) is 23.6 Å². The maximum atomic E-state index is 12.8. The van der Waals surface area contributed by atoms with Gasteiger partial charge in [-0.25, -0.2) is 0 Å². The lowest BCUT2D eigenvalue weighted by atomic mass is 10.1. The molecule has 0 unspecified atom stereocenters. The second-order valence-corrected chi connectivity index (χ2v) is 10.3. The van der Waals surface area contributed by atoms with Crippen LogP contribution in [0.3, 0.4) is 0 Å². The number of thiocarbonyl (C=S) groups is 1. The molecule has 1 aromatic carbocycles. The molecule has 2 aliphatic heterocycles. The van der Waals surface area contributed by atoms with Gasteiger partial charge in [-0.05, 0) is 65.4 Å². The molecule has 2 aliphatic rings. The first-order valence-electron chi connectivity index (χ1n) is 10.9. The van der Waals surface area contributed by atoms with E-state index in [-0.39, 0.29) is 30.8 Å². The highest BCUT2D eigenvalue weighted by Gasteiger charge is 2.32. The number of likely N-dealkylation sites (tertiary alicyclic amines) is 1. The van der Waals surface area contributed by atoms with Gasteiger partial charge in [0.25, 0.3) is 11.8 Å². The van der Waals surface area contributed by atoms with E-state index >= 15 is 0 Å². The van der Waals surface area contributed by atoms with Gasteiger partial charge in [0, 0.05) is 26.1 Å². The summed E-state index contributed by atoms with van der Waals surface area (Å²) in [5, 5.41) is 0. The lowest BCUT2D eigenvalue weighted by Crippen LogP contribution is -2.38. The van der Waals surface area contributed by atoms with Crippen molar-refractivity contribution >= 4 is 68.1 Å². The molecule has 2 heterocycles. The number of amides is 2. The number of thioether (sulfide) groups is 1. The van der Waals surface area contributed by atoms with E-state index < -0.39 is 0 Å². The number of esters is 1. The lowest BCUT2D eigenvalue weighted by Gasteiger charge is -2.26. The van der Waals surface area contributed by atoms with Crippen molar-refractivity contribution in [2.75, 3.05) is 40.5 Å². The highest BCUT2D eigenvalue weighted by molar-refractivity contribution is 9.10. The molecule has 2 amide bonds. The minimum absolute atomic E-state index is 0.0476. The smallest absolute Gasteiger partial charge is 0.305 e. The molecule has 0 spiro atoms. The van der Waals surface area contributed by atoms with E-state index in [9.17, 15) is 14.4 Å². The third kappa shape index (κ3) is 6.73. The molecule has 11 heteroatoms. The van der Waals surface area contributed by atoms with Crippen LogP contribution in [0.1, 0.15) is 37.7 Å². The molecule has 0 atom stereocenters. The quantitative estimate of drug-likeness (QED) is 0.250. The first kappa shape index (κ1) is 26.5. The zero-order valence-electron chi connectivity index (χ0n) is 19.1. The van der Waals surface area contributed by atoms with Crippen LogP contribution in [-0.4, -0.2) is 72.4 Å². The number of hydrogen-bond acceptors (Lipinski definition) is 8. The predicted octanol–water partition coefficient (Wildman–Crippen LogP) is 4.00. The van der Waals surface area contributed by atoms with Gasteiger partial charge in [0.1, 0.15) is 4.32 Å². The fraction of sp³-hybridized carbons (Fsp3) is 0.478. The van der Waals surface area contributed by atoms with Crippen molar-refractivity contribution in [3.05, 3.63) is 27.1 Å². The van der Waals surface area contributed by atoms with Crippen molar-refractivity contribution < 1.29 is 28.6 Å². The number of carbonyl (C=O) groups excluding carboxylic acids is 3. The molecular weight excluding hydrogens is 544 g/mol. The molecule has 2 saturated heterocycles. The Kier molecular flexibility index (Phi) is 9.78. The fourth-order valence-corrected chi connectivity index (χ4v) is 5.54. The SMILES string of the molecule is COC(=O)CCCN1C(=O)/C(=C\c2cc(Br)c(OCC(=O)N3CCCCC3)c(OC)c2)SC1=S. The molecule has 1 aromatic rings. The number of ether oxygens (including phenoxy) is 3. The Morgan fingerprint density at radius 2 is 1.94 bits per heavy atom. The molecule has 184 valence electrons. The molecule has 0 aromatic heterocycles. The maximum Gasteiger partial charge on any atom is 0.305 e. The summed E-state index contributed by atoms with van der Waals surface area (Å²) in [6, 6.07) is 3.54. The monoisotopic (exact) mass is 570 g/mol. The van der Waals surface area contributed by atoms with Crippen LogP contribution in [0, 0.1) is 0 Å². The van der Waals surface area contributed by atoms with Crippen LogP contribution < -0.4 is 9.47 Å². The fourth-order valence-electron chi connectivity index (χ4n) is 3.66. The number of rotatable bonds is 9. The molecule has 0 N–H and O–H groups in total. The number of carbonyl (C=O) groups is 3. The van der Waals surface area contributed by atoms with E-state index in [4.69, 9.17) is 21.7 Å². The molecule has 3 rings (SSSR count). The Hall–Kier alpha value is -2.11. The molecule has 0 radical (unpaired) electrons. The van der Waals surface area contributed by atoms with Gasteiger partial charge < -0.3 is 19.1 Å². The van der Waals surface area contributed by atoms with Gasteiger partial charge in [-0.2, -0.15) is 0 Å². The normalized spacial score (nSPS) is 17.3. The third-order valence-corrected chi connectivity index (χ3v) is 7.43. The molecule has 0 aliphatic carbocycles. The predicted molar refractivity (Wildman–Crippen MR) is 138 cm³/mol. The van der Waals surface area contributed by atoms with Crippen LogP contribution in [-0.2, 0) is 19.1 Å². The number of hydrogen-bond donors (Lipinski definition) is 0. The largest absolute Gasteiger partial charge is 0.493 e. The van der Waals surface area contributed by atoms with Crippen molar-refractivity contribution in [2.45, 2.75) is 32.1 Å². The second kappa shape index (κ2) is 12.6. The highest BCUT2D eigenvalue weighted by Crippen LogP contribution is 2.39. The number of nitrogens with zero attached hydrogens (tertiary/aromatic N) is 2. The van der Waals surface area contributed by atoms with E-state index in [0.717, 1.165) is 32.4 Å². The van der Waals surface area contributed by atoms with Crippen molar-refractivity contribution in [2.24, 2.45) is 0 Å². The minimum atomic E-state index is -0.321.